The summed E-state index contributed by atoms with van der Waals surface area (Å²) in [4.78, 5) is 4.28. The lowest BCUT2D eigenvalue weighted by molar-refractivity contribution is 0.180. The molecular formula is C12H18IN3O. The molecule has 2 rings (SSSR count). The minimum absolute atomic E-state index is 0. The first kappa shape index (κ1) is 14.2. The van der Waals surface area contributed by atoms with Gasteiger partial charge in [-0.2, -0.15) is 0 Å². The molecule has 17 heavy (non-hydrogen) atoms. The lowest BCUT2D eigenvalue weighted by Gasteiger charge is -2.18. The van der Waals surface area contributed by atoms with Crippen LogP contribution >= 0.6 is 24.0 Å². The molecule has 0 radical (unpaired) electrons. The molecule has 0 aromatic heterocycles. The van der Waals surface area contributed by atoms with Crippen molar-refractivity contribution in [2.75, 3.05) is 19.6 Å². The molecule has 5 heteroatoms. The smallest absolute Gasteiger partial charge is 0.191 e. The highest BCUT2D eigenvalue weighted by atomic mass is 127. The van der Waals surface area contributed by atoms with Gasteiger partial charge in [0, 0.05) is 19.6 Å². The summed E-state index contributed by atoms with van der Waals surface area (Å²) in [6.07, 6.45) is 0.583. The van der Waals surface area contributed by atoms with E-state index in [-0.39, 0.29) is 24.0 Å². The van der Waals surface area contributed by atoms with Crippen LogP contribution in [0.4, 0.5) is 0 Å². The molecule has 0 bridgehead atoms. The first-order valence-electron chi connectivity index (χ1n) is 5.61. The second-order valence-electron chi connectivity index (χ2n) is 3.82. The molecule has 0 spiro atoms. The molecule has 3 N–H and O–H groups in total. The van der Waals surface area contributed by atoms with Gasteiger partial charge in [-0.3, -0.25) is 4.99 Å². The largest absolute Gasteiger partial charge is 0.387 e. The summed E-state index contributed by atoms with van der Waals surface area (Å²) in [7, 11) is 0. The van der Waals surface area contributed by atoms with E-state index >= 15 is 0 Å². The van der Waals surface area contributed by atoms with Crippen LogP contribution in [0.1, 0.15) is 18.1 Å². The van der Waals surface area contributed by atoms with E-state index in [0.717, 1.165) is 31.0 Å². The number of rotatable bonds is 3. The summed E-state index contributed by atoms with van der Waals surface area (Å²) in [6, 6.07) is 9.63. The number of hydrogen-bond donors (Lipinski definition) is 3. The molecule has 0 amide bonds. The van der Waals surface area contributed by atoms with Gasteiger partial charge < -0.3 is 15.7 Å². The van der Waals surface area contributed by atoms with E-state index in [1.807, 2.05) is 30.3 Å². The third kappa shape index (κ3) is 4.51. The quantitative estimate of drug-likeness (QED) is 0.722. The van der Waals surface area contributed by atoms with E-state index in [0.29, 0.717) is 6.54 Å². The van der Waals surface area contributed by atoms with Crippen LogP contribution in [0.2, 0.25) is 0 Å². The number of aliphatic hydroxyl groups excluding tert-OH is 1. The molecule has 94 valence electrons. The Hall–Kier alpha value is -0.820. The minimum atomic E-state index is -0.493. The van der Waals surface area contributed by atoms with Crippen LogP contribution in [0.3, 0.4) is 0 Å². The summed E-state index contributed by atoms with van der Waals surface area (Å²) in [5.74, 6) is 0.793. The molecule has 1 unspecified atom stereocenters. The molecule has 1 aliphatic heterocycles. The van der Waals surface area contributed by atoms with Crippen LogP contribution in [0.5, 0.6) is 0 Å². The molecule has 4 nitrogen and oxygen atoms in total. The average Bonchev–Trinajstić information content (AvgIpc) is 2.38. The first-order valence-corrected chi connectivity index (χ1v) is 5.61. The maximum Gasteiger partial charge on any atom is 0.191 e. The number of hydrogen-bond acceptors (Lipinski definition) is 4. The number of nitrogens with one attached hydrogen (secondary N) is 2. The topological polar surface area (TPSA) is 56.6 Å². The fraction of sp³-hybridized carbons (Fsp3) is 0.417. The number of aliphatic imine (C=N–C) groups is 1. The molecule has 1 aliphatic rings. The zero-order valence-corrected chi connectivity index (χ0v) is 11.9. The van der Waals surface area contributed by atoms with Crippen LogP contribution in [-0.4, -0.2) is 30.7 Å². The molecule has 0 saturated carbocycles. The normalized spacial score (nSPS) is 16.2. The fourth-order valence-corrected chi connectivity index (χ4v) is 1.64. The molecule has 0 aliphatic carbocycles. The Kier molecular flexibility index (Phi) is 6.28. The second kappa shape index (κ2) is 7.50. The van der Waals surface area contributed by atoms with Crippen molar-refractivity contribution in [2.45, 2.75) is 12.5 Å². The Bertz CT molecular complexity index is 356. The van der Waals surface area contributed by atoms with Crippen molar-refractivity contribution in [3.63, 3.8) is 0 Å². The van der Waals surface area contributed by atoms with E-state index in [4.69, 9.17) is 0 Å². The highest BCUT2D eigenvalue weighted by molar-refractivity contribution is 14.0. The Morgan fingerprint density at radius 1 is 1.35 bits per heavy atom. The first-order chi connectivity index (χ1) is 7.86. The van der Waals surface area contributed by atoms with Crippen LogP contribution < -0.4 is 10.6 Å². The summed E-state index contributed by atoms with van der Waals surface area (Å²) in [6.45, 7) is 2.29. The van der Waals surface area contributed by atoms with Crippen molar-refractivity contribution in [2.24, 2.45) is 4.99 Å². The van der Waals surface area contributed by atoms with E-state index in [2.05, 4.69) is 15.6 Å². The minimum Gasteiger partial charge on any atom is -0.387 e. The van der Waals surface area contributed by atoms with Gasteiger partial charge >= 0.3 is 0 Å². The molecule has 1 heterocycles. The molecule has 1 atom stereocenters. The van der Waals surface area contributed by atoms with E-state index in [9.17, 15) is 5.11 Å². The highest BCUT2D eigenvalue weighted by Crippen LogP contribution is 2.10. The lowest BCUT2D eigenvalue weighted by Crippen LogP contribution is -2.42. The summed E-state index contributed by atoms with van der Waals surface area (Å²) >= 11 is 0. The fourth-order valence-electron chi connectivity index (χ4n) is 1.64. The molecule has 0 saturated heterocycles. The number of nitrogens with zero attached hydrogens (tertiary/aromatic N) is 1. The van der Waals surface area contributed by atoms with Gasteiger partial charge in [-0.1, -0.05) is 30.3 Å². The Labute approximate surface area is 119 Å². The maximum absolute atomic E-state index is 9.91. The lowest BCUT2D eigenvalue weighted by atomic mass is 10.1. The van der Waals surface area contributed by atoms with E-state index < -0.39 is 6.10 Å². The van der Waals surface area contributed by atoms with Crippen molar-refractivity contribution >= 4 is 29.9 Å². The second-order valence-corrected chi connectivity index (χ2v) is 3.82. The molecule has 1 aromatic carbocycles. The average molecular weight is 347 g/mol. The molecule has 1 aromatic rings. The van der Waals surface area contributed by atoms with Crippen LogP contribution in [0.15, 0.2) is 35.3 Å². The van der Waals surface area contributed by atoms with Gasteiger partial charge in [-0.05, 0) is 12.0 Å². The molecular weight excluding hydrogens is 329 g/mol. The predicted molar refractivity (Wildman–Crippen MR) is 79.7 cm³/mol. The SMILES string of the molecule is I.OC(CNC1=NCCCN1)c1ccccc1. The Morgan fingerprint density at radius 2 is 2.12 bits per heavy atom. The van der Waals surface area contributed by atoms with Crippen molar-refractivity contribution in [1.29, 1.82) is 0 Å². The van der Waals surface area contributed by atoms with Gasteiger partial charge in [0.05, 0.1) is 6.10 Å². The number of aliphatic hydroxyl groups is 1. The number of halogens is 1. The maximum atomic E-state index is 9.91. The van der Waals surface area contributed by atoms with Gasteiger partial charge in [0.15, 0.2) is 5.96 Å². The summed E-state index contributed by atoms with van der Waals surface area (Å²) < 4.78 is 0. The van der Waals surface area contributed by atoms with Crippen LogP contribution in [-0.2, 0) is 0 Å². The van der Waals surface area contributed by atoms with Gasteiger partial charge in [-0.15, -0.1) is 24.0 Å². The molecule has 0 fully saturated rings. The van der Waals surface area contributed by atoms with Crippen LogP contribution in [0.25, 0.3) is 0 Å². The van der Waals surface area contributed by atoms with Crippen molar-refractivity contribution in [3.8, 4) is 0 Å². The van der Waals surface area contributed by atoms with E-state index in [1.165, 1.54) is 0 Å². The third-order valence-electron chi connectivity index (χ3n) is 2.54. The Morgan fingerprint density at radius 3 is 2.76 bits per heavy atom. The van der Waals surface area contributed by atoms with Crippen molar-refractivity contribution < 1.29 is 5.11 Å². The summed E-state index contributed by atoms with van der Waals surface area (Å²) in [5.41, 5.74) is 0.923. The number of guanidine groups is 1. The van der Waals surface area contributed by atoms with Gasteiger partial charge in [0.25, 0.3) is 0 Å². The van der Waals surface area contributed by atoms with Crippen LogP contribution in [0, 0.1) is 0 Å². The van der Waals surface area contributed by atoms with Gasteiger partial charge in [0.1, 0.15) is 0 Å². The zero-order valence-electron chi connectivity index (χ0n) is 9.60. The Balaban J connectivity index is 0.00000144. The standard InChI is InChI=1S/C12H17N3O.HI/c16-11(10-5-2-1-3-6-10)9-15-12-13-7-4-8-14-12;/h1-3,5-6,11,16H,4,7-9H2,(H2,13,14,15);1H. The predicted octanol–water partition coefficient (Wildman–Crippen LogP) is 1.28. The van der Waals surface area contributed by atoms with Gasteiger partial charge in [0.2, 0.25) is 0 Å². The number of benzene rings is 1. The zero-order chi connectivity index (χ0) is 11.2. The van der Waals surface area contributed by atoms with E-state index in [1.54, 1.807) is 0 Å². The summed E-state index contributed by atoms with van der Waals surface area (Å²) in [5, 5.41) is 16.2. The third-order valence-corrected chi connectivity index (χ3v) is 2.54. The van der Waals surface area contributed by atoms with Crippen molar-refractivity contribution in [1.82, 2.24) is 10.6 Å². The van der Waals surface area contributed by atoms with Crippen molar-refractivity contribution in [3.05, 3.63) is 35.9 Å². The van der Waals surface area contributed by atoms with Gasteiger partial charge in [-0.25, -0.2) is 0 Å². The highest BCUT2D eigenvalue weighted by Gasteiger charge is 2.08. The monoisotopic (exact) mass is 347 g/mol.